The van der Waals surface area contributed by atoms with Crippen molar-refractivity contribution in [1.29, 1.82) is 0 Å². The van der Waals surface area contributed by atoms with Crippen LogP contribution < -0.4 is 9.64 Å². The molecular formula is C19H24N4O2. The average molecular weight is 340 g/mol. The Morgan fingerprint density at radius 2 is 1.84 bits per heavy atom. The number of benzene rings is 1. The van der Waals surface area contributed by atoms with E-state index in [0.29, 0.717) is 25.5 Å². The van der Waals surface area contributed by atoms with Crippen molar-refractivity contribution in [2.24, 2.45) is 0 Å². The number of nitrogens with zero attached hydrogens (tertiary/aromatic N) is 4. The molecule has 1 aromatic carbocycles. The van der Waals surface area contributed by atoms with E-state index in [0.717, 1.165) is 35.7 Å². The largest absolute Gasteiger partial charge is 0.467 e. The minimum Gasteiger partial charge on any atom is -0.467 e. The normalized spacial score (nSPS) is 14.5. The van der Waals surface area contributed by atoms with Gasteiger partial charge in [0, 0.05) is 37.9 Å². The van der Waals surface area contributed by atoms with Crippen molar-refractivity contribution >= 4 is 11.7 Å². The van der Waals surface area contributed by atoms with Crippen molar-refractivity contribution < 1.29 is 9.53 Å². The lowest BCUT2D eigenvalue weighted by Gasteiger charge is -2.35. The van der Waals surface area contributed by atoms with Gasteiger partial charge in [-0.15, -0.1) is 0 Å². The molecule has 0 radical (unpaired) electrons. The number of carbonyl (C=O) groups excluding carboxylic acids is 1. The molecule has 1 saturated heterocycles. The maximum atomic E-state index is 12.6. The van der Waals surface area contributed by atoms with Gasteiger partial charge in [-0.05, 0) is 25.0 Å². The van der Waals surface area contributed by atoms with Crippen LogP contribution in [0.3, 0.4) is 0 Å². The standard InChI is InChI=1S/C19H24N4O2/c1-14-6-4-5-7-16(14)13-18(24)23-10-8-22(9-11-23)17-12-15(2)20-19(21-17)25-3/h4-7,12H,8-11,13H2,1-3H3. The second-order valence-electron chi connectivity index (χ2n) is 6.33. The van der Waals surface area contributed by atoms with Crippen molar-refractivity contribution in [3.8, 4) is 6.01 Å². The SMILES string of the molecule is COc1nc(C)cc(N2CCN(C(=O)Cc3ccccc3C)CC2)n1. The first-order valence-electron chi connectivity index (χ1n) is 8.53. The number of anilines is 1. The number of hydrogen-bond donors (Lipinski definition) is 0. The Balaban J connectivity index is 1.61. The van der Waals surface area contributed by atoms with Crippen LogP contribution >= 0.6 is 0 Å². The van der Waals surface area contributed by atoms with E-state index in [9.17, 15) is 4.79 Å². The van der Waals surface area contributed by atoms with Gasteiger partial charge in [0.1, 0.15) is 5.82 Å². The topological polar surface area (TPSA) is 58.6 Å². The van der Waals surface area contributed by atoms with Crippen molar-refractivity contribution in [3.63, 3.8) is 0 Å². The molecule has 0 N–H and O–H groups in total. The summed E-state index contributed by atoms with van der Waals surface area (Å²) in [4.78, 5) is 25.3. The quantitative estimate of drug-likeness (QED) is 0.852. The molecule has 6 nitrogen and oxygen atoms in total. The van der Waals surface area contributed by atoms with Gasteiger partial charge in [-0.1, -0.05) is 24.3 Å². The summed E-state index contributed by atoms with van der Waals surface area (Å²) in [6.45, 7) is 6.91. The summed E-state index contributed by atoms with van der Waals surface area (Å²) in [5.41, 5.74) is 3.14. The fourth-order valence-electron chi connectivity index (χ4n) is 3.05. The minimum atomic E-state index is 0.186. The molecule has 0 aliphatic carbocycles. The molecule has 1 aromatic heterocycles. The number of aromatic nitrogens is 2. The molecule has 0 saturated carbocycles. The number of rotatable bonds is 4. The number of hydrogen-bond acceptors (Lipinski definition) is 5. The molecule has 6 heteroatoms. The molecule has 3 rings (SSSR count). The number of methoxy groups -OCH3 is 1. The fraction of sp³-hybridized carbons (Fsp3) is 0.421. The van der Waals surface area contributed by atoms with Gasteiger partial charge in [-0.3, -0.25) is 4.79 Å². The Hall–Kier alpha value is -2.63. The molecule has 2 heterocycles. The van der Waals surface area contributed by atoms with Crippen LogP contribution in [0.2, 0.25) is 0 Å². The maximum absolute atomic E-state index is 12.6. The van der Waals surface area contributed by atoms with Crippen LogP contribution in [0.15, 0.2) is 30.3 Å². The second-order valence-corrected chi connectivity index (χ2v) is 6.33. The molecule has 25 heavy (non-hydrogen) atoms. The van der Waals surface area contributed by atoms with Gasteiger partial charge in [-0.25, -0.2) is 4.98 Å². The molecule has 1 aliphatic heterocycles. The molecule has 0 spiro atoms. The molecule has 1 amide bonds. The zero-order chi connectivity index (χ0) is 17.8. The highest BCUT2D eigenvalue weighted by atomic mass is 16.5. The van der Waals surface area contributed by atoms with Crippen LogP contribution in [0.5, 0.6) is 6.01 Å². The average Bonchev–Trinajstić information content (AvgIpc) is 2.63. The lowest BCUT2D eigenvalue weighted by Crippen LogP contribution is -2.49. The van der Waals surface area contributed by atoms with E-state index < -0.39 is 0 Å². The third-order valence-electron chi connectivity index (χ3n) is 4.56. The van der Waals surface area contributed by atoms with Crippen molar-refractivity contribution in [1.82, 2.24) is 14.9 Å². The molecule has 0 atom stereocenters. The fourth-order valence-corrected chi connectivity index (χ4v) is 3.05. The summed E-state index contributed by atoms with van der Waals surface area (Å²) in [6.07, 6.45) is 0.465. The van der Waals surface area contributed by atoms with Gasteiger partial charge in [0.05, 0.1) is 13.5 Å². The van der Waals surface area contributed by atoms with Gasteiger partial charge in [-0.2, -0.15) is 4.98 Å². The first-order valence-corrected chi connectivity index (χ1v) is 8.53. The van der Waals surface area contributed by atoms with Crippen LogP contribution in [0.4, 0.5) is 5.82 Å². The Kier molecular flexibility index (Phi) is 5.16. The first kappa shape index (κ1) is 17.2. The van der Waals surface area contributed by atoms with Gasteiger partial charge in [0.25, 0.3) is 0 Å². The second kappa shape index (κ2) is 7.51. The van der Waals surface area contributed by atoms with Crippen molar-refractivity contribution in [3.05, 3.63) is 47.2 Å². The zero-order valence-corrected chi connectivity index (χ0v) is 15.0. The molecule has 0 bridgehead atoms. The molecule has 2 aromatic rings. The van der Waals surface area contributed by atoms with E-state index in [4.69, 9.17) is 4.74 Å². The number of carbonyl (C=O) groups is 1. The number of piperazine rings is 1. The Labute approximate surface area is 148 Å². The number of aryl methyl sites for hydroxylation is 2. The molecule has 132 valence electrons. The number of ether oxygens (including phenoxy) is 1. The van der Waals surface area contributed by atoms with E-state index in [-0.39, 0.29) is 5.91 Å². The molecule has 1 fully saturated rings. The van der Waals surface area contributed by atoms with Crippen LogP contribution in [0, 0.1) is 13.8 Å². The summed E-state index contributed by atoms with van der Waals surface area (Å²) in [5.74, 6) is 1.04. The smallest absolute Gasteiger partial charge is 0.318 e. The van der Waals surface area contributed by atoms with Crippen LogP contribution in [-0.2, 0) is 11.2 Å². The summed E-state index contributed by atoms with van der Waals surface area (Å²) >= 11 is 0. The molecule has 1 aliphatic rings. The van der Waals surface area contributed by atoms with E-state index in [1.807, 2.05) is 49.1 Å². The predicted octanol–water partition coefficient (Wildman–Crippen LogP) is 1.99. The lowest BCUT2D eigenvalue weighted by atomic mass is 10.1. The predicted molar refractivity (Wildman–Crippen MR) is 97.0 cm³/mol. The lowest BCUT2D eigenvalue weighted by molar-refractivity contribution is -0.130. The van der Waals surface area contributed by atoms with E-state index >= 15 is 0 Å². The highest BCUT2D eigenvalue weighted by Gasteiger charge is 2.23. The third-order valence-corrected chi connectivity index (χ3v) is 4.56. The Morgan fingerprint density at radius 3 is 2.52 bits per heavy atom. The van der Waals surface area contributed by atoms with Crippen LogP contribution in [0.25, 0.3) is 0 Å². The highest BCUT2D eigenvalue weighted by Crippen LogP contribution is 2.18. The van der Waals surface area contributed by atoms with Gasteiger partial charge < -0.3 is 14.5 Å². The minimum absolute atomic E-state index is 0.186. The number of amides is 1. The van der Waals surface area contributed by atoms with Crippen molar-refractivity contribution in [2.45, 2.75) is 20.3 Å². The summed E-state index contributed by atoms with van der Waals surface area (Å²) in [5, 5.41) is 0. The summed E-state index contributed by atoms with van der Waals surface area (Å²) in [6, 6.07) is 10.4. The monoisotopic (exact) mass is 340 g/mol. The van der Waals surface area contributed by atoms with Gasteiger partial charge in [0.2, 0.25) is 5.91 Å². The van der Waals surface area contributed by atoms with E-state index in [1.54, 1.807) is 7.11 Å². The zero-order valence-electron chi connectivity index (χ0n) is 15.0. The van der Waals surface area contributed by atoms with Crippen LogP contribution in [-0.4, -0.2) is 54.1 Å². The van der Waals surface area contributed by atoms with E-state index in [1.165, 1.54) is 0 Å². The first-order chi connectivity index (χ1) is 12.1. The summed E-state index contributed by atoms with van der Waals surface area (Å²) in [7, 11) is 1.57. The van der Waals surface area contributed by atoms with Crippen LogP contribution in [0.1, 0.15) is 16.8 Å². The molecular weight excluding hydrogens is 316 g/mol. The van der Waals surface area contributed by atoms with Crippen molar-refractivity contribution in [2.75, 3.05) is 38.2 Å². The van der Waals surface area contributed by atoms with E-state index in [2.05, 4.69) is 14.9 Å². The molecule has 0 unspecified atom stereocenters. The summed E-state index contributed by atoms with van der Waals surface area (Å²) < 4.78 is 5.15. The highest BCUT2D eigenvalue weighted by molar-refractivity contribution is 5.79. The van der Waals surface area contributed by atoms with Gasteiger partial charge >= 0.3 is 6.01 Å². The Bertz CT molecular complexity index is 755. The maximum Gasteiger partial charge on any atom is 0.318 e. The van der Waals surface area contributed by atoms with Gasteiger partial charge in [0.15, 0.2) is 0 Å². The Morgan fingerprint density at radius 1 is 1.12 bits per heavy atom. The third kappa shape index (κ3) is 4.07.